The maximum Gasteiger partial charge on any atom is 0.258 e. The normalized spacial score (nSPS) is 15.5. The highest BCUT2D eigenvalue weighted by Crippen LogP contribution is 2.13. The minimum absolute atomic E-state index is 0.0193. The van der Waals surface area contributed by atoms with Gasteiger partial charge in [-0.25, -0.2) is 4.98 Å². The number of hydrogen-bond donors (Lipinski definition) is 1. The fraction of sp³-hybridized carbons (Fsp3) is 0.400. The lowest BCUT2D eigenvalue weighted by atomic mass is 10.0. The number of nitrogens with zero attached hydrogens (tertiary/aromatic N) is 4. The lowest BCUT2D eigenvalue weighted by Gasteiger charge is -2.37. The standard InChI is InChI=1S/C25H31N5O3/c1-19(2)24(27-23(31)18-33-21-8-4-3-5-9-21)25(32)29-14-12-28(13-15-29)16-20-17-30-11-7-6-10-22(30)26-20/h3-11,17,19,24H,12-16,18H2,1-2H3,(H,27,31). The first-order chi connectivity index (χ1) is 16.0. The number of amides is 2. The van der Waals surface area contributed by atoms with Gasteiger partial charge in [0, 0.05) is 45.1 Å². The molecule has 1 aliphatic heterocycles. The Morgan fingerprint density at radius 2 is 1.76 bits per heavy atom. The van der Waals surface area contributed by atoms with Gasteiger partial charge in [-0.15, -0.1) is 0 Å². The molecule has 0 saturated carbocycles. The second-order valence-electron chi connectivity index (χ2n) is 8.69. The fourth-order valence-electron chi connectivity index (χ4n) is 4.01. The van der Waals surface area contributed by atoms with Crippen LogP contribution in [0.2, 0.25) is 0 Å². The van der Waals surface area contributed by atoms with Crippen molar-refractivity contribution in [3.8, 4) is 5.75 Å². The van der Waals surface area contributed by atoms with Crippen LogP contribution in [0.15, 0.2) is 60.9 Å². The molecule has 2 aromatic heterocycles. The Labute approximate surface area is 194 Å². The van der Waals surface area contributed by atoms with Crippen molar-refractivity contribution < 1.29 is 14.3 Å². The molecule has 4 rings (SSSR count). The first-order valence-corrected chi connectivity index (χ1v) is 11.4. The molecule has 0 spiro atoms. The Hall–Kier alpha value is -3.39. The van der Waals surface area contributed by atoms with E-state index < -0.39 is 6.04 Å². The minimum Gasteiger partial charge on any atom is -0.484 e. The zero-order valence-electron chi connectivity index (χ0n) is 19.2. The molecule has 174 valence electrons. The fourth-order valence-corrected chi connectivity index (χ4v) is 4.01. The van der Waals surface area contributed by atoms with E-state index in [1.807, 2.05) is 65.7 Å². The van der Waals surface area contributed by atoms with Gasteiger partial charge in [-0.05, 0) is 30.2 Å². The molecule has 0 bridgehead atoms. The van der Waals surface area contributed by atoms with Crippen LogP contribution in [0.4, 0.5) is 0 Å². The van der Waals surface area contributed by atoms with E-state index in [0.29, 0.717) is 18.8 Å². The van der Waals surface area contributed by atoms with E-state index in [1.165, 1.54) is 0 Å². The molecule has 1 unspecified atom stereocenters. The van der Waals surface area contributed by atoms with Gasteiger partial charge < -0.3 is 19.4 Å². The molecule has 8 heteroatoms. The van der Waals surface area contributed by atoms with Crippen LogP contribution in [0.3, 0.4) is 0 Å². The summed E-state index contributed by atoms with van der Waals surface area (Å²) in [6.07, 6.45) is 4.04. The van der Waals surface area contributed by atoms with E-state index in [-0.39, 0.29) is 24.3 Å². The third-order valence-corrected chi connectivity index (χ3v) is 5.85. The number of para-hydroxylation sites is 1. The molecule has 3 aromatic rings. The van der Waals surface area contributed by atoms with Gasteiger partial charge in [-0.1, -0.05) is 38.1 Å². The molecule has 0 aliphatic carbocycles. The predicted octanol–water partition coefficient (Wildman–Crippen LogP) is 2.20. The Balaban J connectivity index is 1.27. The lowest BCUT2D eigenvalue weighted by molar-refractivity contribution is -0.139. The van der Waals surface area contributed by atoms with Gasteiger partial charge in [0.15, 0.2) is 6.61 Å². The molecule has 3 heterocycles. The number of pyridine rings is 1. The van der Waals surface area contributed by atoms with Crippen molar-refractivity contribution in [2.24, 2.45) is 5.92 Å². The molecular formula is C25H31N5O3. The number of fused-ring (bicyclic) bond motifs is 1. The highest BCUT2D eigenvalue weighted by Gasteiger charge is 2.31. The summed E-state index contributed by atoms with van der Waals surface area (Å²) < 4.78 is 7.54. The maximum atomic E-state index is 13.2. The summed E-state index contributed by atoms with van der Waals surface area (Å²) >= 11 is 0. The molecule has 1 N–H and O–H groups in total. The van der Waals surface area contributed by atoms with Crippen molar-refractivity contribution >= 4 is 17.5 Å². The van der Waals surface area contributed by atoms with E-state index in [1.54, 1.807) is 12.1 Å². The van der Waals surface area contributed by atoms with Crippen molar-refractivity contribution in [3.63, 3.8) is 0 Å². The summed E-state index contributed by atoms with van der Waals surface area (Å²) in [5.74, 6) is 0.276. The highest BCUT2D eigenvalue weighted by atomic mass is 16.5. The van der Waals surface area contributed by atoms with Gasteiger partial charge >= 0.3 is 0 Å². The maximum absolute atomic E-state index is 13.2. The largest absolute Gasteiger partial charge is 0.484 e. The Morgan fingerprint density at radius 1 is 1.03 bits per heavy atom. The van der Waals surface area contributed by atoms with E-state index >= 15 is 0 Å². The number of ether oxygens (including phenoxy) is 1. The Morgan fingerprint density at radius 3 is 2.45 bits per heavy atom. The summed E-state index contributed by atoms with van der Waals surface area (Å²) in [5, 5.41) is 2.87. The second kappa shape index (κ2) is 10.5. The molecule has 2 amide bonds. The molecule has 0 radical (unpaired) electrons. The molecule has 1 fully saturated rings. The quantitative estimate of drug-likeness (QED) is 0.570. The first kappa shape index (κ1) is 22.8. The van der Waals surface area contributed by atoms with Crippen LogP contribution in [0.5, 0.6) is 5.75 Å². The average Bonchev–Trinajstić information content (AvgIpc) is 3.24. The predicted molar refractivity (Wildman–Crippen MR) is 126 cm³/mol. The highest BCUT2D eigenvalue weighted by molar-refractivity contribution is 5.88. The van der Waals surface area contributed by atoms with E-state index in [0.717, 1.165) is 31.0 Å². The topological polar surface area (TPSA) is 79.2 Å². The number of carbonyl (C=O) groups excluding carboxylic acids is 2. The van der Waals surface area contributed by atoms with Gasteiger partial charge in [0.1, 0.15) is 17.4 Å². The van der Waals surface area contributed by atoms with Crippen LogP contribution in [-0.2, 0) is 16.1 Å². The minimum atomic E-state index is -0.568. The number of piperazine rings is 1. The smallest absolute Gasteiger partial charge is 0.258 e. The third kappa shape index (κ3) is 5.90. The number of imidazole rings is 1. The summed E-state index contributed by atoms with van der Waals surface area (Å²) in [4.78, 5) is 34.4. The van der Waals surface area contributed by atoms with Crippen LogP contribution >= 0.6 is 0 Å². The summed E-state index contributed by atoms with van der Waals surface area (Å²) in [6.45, 7) is 7.34. The van der Waals surface area contributed by atoms with Crippen LogP contribution in [0.25, 0.3) is 5.65 Å². The summed E-state index contributed by atoms with van der Waals surface area (Å²) in [7, 11) is 0. The Bertz CT molecular complexity index is 1040. The molecule has 1 aliphatic rings. The van der Waals surface area contributed by atoms with Crippen molar-refractivity contribution in [3.05, 3.63) is 66.6 Å². The van der Waals surface area contributed by atoms with E-state index in [9.17, 15) is 9.59 Å². The molecule has 1 atom stereocenters. The number of carbonyl (C=O) groups is 2. The number of benzene rings is 1. The van der Waals surface area contributed by atoms with Gasteiger partial charge in [-0.3, -0.25) is 14.5 Å². The van der Waals surface area contributed by atoms with Crippen molar-refractivity contribution in [2.75, 3.05) is 32.8 Å². The van der Waals surface area contributed by atoms with Crippen molar-refractivity contribution in [1.82, 2.24) is 24.5 Å². The zero-order valence-corrected chi connectivity index (χ0v) is 19.2. The van der Waals surface area contributed by atoms with Gasteiger partial charge in [0.05, 0.1) is 5.69 Å². The van der Waals surface area contributed by atoms with E-state index in [4.69, 9.17) is 4.74 Å². The monoisotopic (exact) mass is 449 g/mol. The number of nitrogens with one attached hydrogen (secondary N) is 1. The summed E-state index contributed by atoms with van der Waals surface area (Å²) in [6, 6.07) is 14.6. The van der Waals surface area contributed by atoms with Crippen LogP contribution in [-0.4, -0.2) is 69.8 Å². The zero-order chi connectivity index (χ0) is 23.2. The molecule has 33 heavy (non-hydrogen) atoms. The lowest BCUT2D eigenvalue weighted by Crippen LogP contribution is -2.56. The van der Waals surface area contributed by atoms with Crippen LogP contribution in [0.1, 0.15) is 19.5 Å². The van der Waals surface area contributed by atoms with Crippen LogP contribution in [0, 0.1) is 5.92 Å². The number of rotatable bonds is 8. The third-order valence-electron chi connectivity index (χ3n) is 5.85. The van der Waals surface area contributed by atoms with Gasteiger partial charge in [0.25, 0.3) is 5.91 Å². The molecular weight excluding hydrogens is 418 g/mol. The van der Waals surface area contributed by atoms with Gasteiger partial charge in [-0.2, -0.15) is 0 Å². The second-order valence-corrected chi connectivity index (χ2v) is 8.69. The number of hydrogen-bond acceptors (Lipinski definition) is 5. The van der Waals surface area contributed by atoms with Gasteiger partial charge in [0.2, 0.25) is 5.91 Å². The number of aromatic nitrogens is 2. The van der Waals surface area contributed by atoms with Crippen molar-refractivity contribution in [1.29, 1.82) is 0 Å². The van der Waals surface area contributed by atoms with Crippen LogP contribution < -0.4 is 10.1 Å². The molecule has 1 aromatic carbocycles. The molecule has 8 nitrogen and oxygen atoms in total. The summed E-state index contributed by atoms with van der Waals surface area (Å²) in [5.41, 5.74) is 1.96. The molecule has 1 saturated heterocycles. The van der Waals surface area contributed by atoms with E-state index in [2.05, 4.69) is 21.4 Å². The Kier molecular flexibility index (Phi) is 7.24. The average molecular weight is 450 g/mol. The van der Waals surface area contributed by atoms with Crippen molar-refractivity contribution in [2.45, 2.75) is 26.4 Å². The SMILES string of the molecule is CC(C)C(NC(=O)COc1ccccc1)C(=O)N1CCN(Cc2cn3ccccc3n2)CC1. The first-order valence-electron chi connectivity index (χ1n) is 11.4.